The summed E-state index contributed by atoms with van der Waals surface area (Å²) in [7, 11) is 1.72. The van der Waals surface area contributed by atoms with Crippen LogP contribution >= 0.6 is 11.3 Å². The Hall–Kier alpha value is -1.24. The number of hydrogen-bond acceptors (Lipinski definition) is 6. The van der Waals surface area contributed by atoms with Gasteiger partial charge in [-0.3, -0.25) is 4.90 Å². The smallest absolute Gasteiger partial charge is 0.146 e. The summed E-state index contributed by atoms with van der Waals surface area (Å²) >= 11 is 1.69. The van der Waals surface area contributed by atoms with Crippen LogP contribution in [-0.2, 0) is 11.3 Å². The number of rotatable bonds is 6. The first-order chi connectivity index (χ1) is 9.93. The second kappa shape index (κ2) is 6.68. The van der Waals surface area contributed by atoms with Crippen molar-refractivity contribution in [1.82, 2.24) is 14.9 Å². The van der Waals surface area contributed by atoms with E-state index in [0.29, 0.717) is 25.0 Å². The Kier molecular flexibility index (Phi) is 5.13. The lowest BCUT2D eigenvalue weighted by Gasteiger charge is -2.25. The number of nitrogens with two attached hydrogens (primary N) is 1. The van der Waals surface area contributed by atoms with Crippen molar-refractivity contribution in [3.8, 4) is 0 Å². The summed E-state index contributed by atoms with van der Waals surface area (Å²) in [6.07, 6.45) is 0. The lowest BCUT2D eigenvalue weighted by Crippen LogP contribution is -2.34. The summed E-state index contributed by atoms with van der Waals surface area (Å²) in [6.45, 7) is 10.8. The molecule has 0 radical (unpaired) electrons. The van der Waals surface area contributed by atoms with Gasteiger partial charge in [0.1, 0.15) is 16.5 Å². The normalized spacial score (nSPS) is 12.0. The molecule has 0 spiro atoms. The average molecular weight is 308 g/mol. The number of anilines is 1. The highest BCUT2D eigenvalue weighted by Crippen LogP contribution is 2.31. The Balaban J connectivity index is 2.29. The number of nitrogens with zero attached hydrogens (tertiary/aromatic N) is 3. The molecule has 2 aromatic rings. The van der Waals surface area contributed by atoms with E-state index < -0.39 is 0 Å². The van der Waals surface area contributed by atoms with Gasteiger partial charge in [0.2, 0.25) is 0 Å². The molecule has 0 atom stereocenters. The second-order valence-electron chi connectivity index (χ2n) is 5.55. The highest BCUT2D eigenvalue weighted by atomic mass is 32.1. The first kappa shape index (κ1) is 16.1. The van der Waals surface area contributed by atoms with Crippen LogP contribution in [0.4, 0.5) is 5.82 Å². The van der Waals surface area contributed by atoms with Gasteiger partial charge in [-0.1, -0.05) is 0 Å². The molecule has 0 fully saturated rings. The van der Waals surface area contributed by atoms with Gasteiger partial charge in [-0.05, 0) is 33.3 Å². The molecular formula is C15H24N4OS. The highest BCUT2D eigenvalue weighted by Gasteiger charge is 2.16. The molecule has 6 heteroatoms. The van der Waals surface area contributed by atoms with E-state index in [9.17, 15) is 0 Å². The lowest BCUT2D eigenvalue weighted by molar-refractivity contribution is 0.123. The third kappa shape index (κ3) is 3.51. The quantitative estimate of drug-likeness (QED) is 0.889. The summed E-state index contributed by atoms with van der Waals surface area (Å²) < 4.78 is 5.17. The van der Waals surface area contributed by atoms with Crippen LogP contribution in [0.5, 0.6) is 0 Å². The first-order valence-corrected chi connectivity index (χ1v) is 8.00. The van der Waals surface area contributed by atoms with Crippen LogP contribution in [0.15, 0.2) is 0 Å². The number of thiophene rings is 1. The summed E-state index contributed by atoms with van der Waals surface area (Å²) in [6, 6.07) is 0.410. The maximum Gasteiger partial charge on any atom is 0.146 e. The third-order valence-electron chi connectivity index (χ3n) is 3.76. The number of nitrogen functional groups attached to an aromatic ring is 1. The highest BCUT2D eigenvalue weighted by molar-refractivity contribution is 7.18. The number of methoxy groups -OCH3 is 1. The van der Waals surface area contributed by atoms with Gasteiger partial charge in [0, 0.05) is 24.6 Å². The predicted octanol–water partition coefficient (Wildman–Crippen LogP) is 2.75. The Morgan fingerprint density at radius 2 is 2.00 bits per heavy atom. The van der Waals surface area contributed by atoms with Gasteiger partial charge in [0.05, 0.1) is 18.5 Å². The molecule has 2 aromatic heterocycles. The Bertz CT molecular complexity index is 624. The van der Waals surface area contributed by atoms with Crippen LogP contribution in [0.1, 0.15) is 30.1 Å². The van der Waals surface area contributed by atoms with E-state index in [1.807, 2.05) is 0 Å². The van der Waals surface area contributed by atoms with Crippen molar-refractivity contribution in [3.63, 3.8) is 0 Å². The number of ether oxygens (including phenoxy) is 1. The van der Waals surface area contributed by atoms with Crippen molar-refractivity contribution in [2.45, 2.75) is 40.3 Å². The summed E-state index contributed by atoms with van der Waals surface area (Å²) in [4.78, 5) is 13.7. The molecule has 5 nitrogen and oxygen atoms in total. The molecule has 0 unspecified atom stereocenters. The third-order valence-corrected chi connectivity index (χ3v) is 4.86. The van der Waals surface area contributed by atoms with Crippen molar-refractivity contribution in [2.75, 3.05) is 26.0 Å². The predicted molar refractivity (Wildman–Crippen MR) is 88.7 cm³/mol. The van der Waals surface area contributed by atoms with Crippen LogP contribution in [0.2, 0.25) is 0 Å². The molecule has 0 bridgehead atoms. The molecular weight excluding hydrogens is 284 g/mol. The van der Waals surface area contributed by atoms with Crippen molar-refractivity contribution in [1.29, 1.82) is 0 Å². The molecule has 2 rings (SSSR count). The van der Waals surface area contributed by atoms with Gasteiger partial charge in [-0.2, -0.15) is 0 Å². The average Bonchev–Trinajstić information content (AvgIpc) is 2.70. The van der Waals surface area contributed by atoms with E-state index in [1.165, 1.54) is 10.4 Å². The maximum absolute atomic E-state index is 6.14. The fourth-order valence-electron chi connectivity index (χ4n) is 2.31. The summed E-state index contributed by atoms with van der Waals surface area (Å²) in [5.41, 5.74) is 7.33. The molecule has 0 aromatic carbocycles. The molecule has 0 aliphatic carbocycles. The monoisotopic (exact) mass is 308 g/mol. The van der Waals surface area contributed by atoms with Crippen molar-refractivity contribution >= 4 is 27.4 Å². The Labute approximate surface area is 130 Å². The van der Waals surface area contributed by atoms with Gasteiger partial charge < -0.3 is 10.5 Å². The minimum Gasteiger partial charge on any atom is -0.383 e. The Morgan fingerprint density at radius 1 is 1.29 bits per heavy atom. The van der Waals surface area contributed by atoms with Crippen LogP contribution in [0.3, 0.4) is 0 Å². The van der Waals surface area contributed by atoms with Crippen LogP contribution < -0.4 is 5.73 Å². The van der Waals surface area contributed by atoms with Crippen LogP contribution in [-0.4, -0.2) is 41.2 Å². The van der Waals surface area contributed by atoms with Crippen molar-refractivity contribution in [3.05, 3.63) is 16.3 Å². The zero-order valence-electron chi connectivity index (χ0n) is 13.4. The summed E-state index contributed by atoms with van der Waals surface area (Å²) in [5.74, 6) is 1.37. The topological polar surface area (TPSA) is 64.3 Å². The molecule has 2 N–H and O–H groups in total. The van der Waals surface area contributed by atoms with Crippen molar-refractivity contribution < 1.29 is 4.74 Å². The fourth-order valence-corrected chi connectivity index (χ4v) is 3.36. The van der Waals surface area contributed by atoms with Gasteiger partial charge in [0.25, 0.3) is 0 Å². The Morgan fingerprint density at radius 3 is 2.62 bits per heavy atom. The molecule has 0 amide bonds. The largest absolute Gasteiger partial charge is 0.383 e. The lowest BCUT2D eigenvalue weighted by atomic mass is 10.2. The molecule has 2 heterocycles. The van der Waals surface area contributed by atoms with Gasteiger partial charge in [-0.15, -0.1) is 11.3 Å². The molecule has 0 saturated heterocycles. The molecule has 0 aliphatic heterocycles. The molecule has 0 aliphatic rings. The van der Waals surface area contributed by atoms with Gasteiger partial charge in [-0.25, -0.2) is 9.97 Å². The SMILES string of the molecule is COCCN(Cc1nc(N)c2c(C)c(C)sc2n1)C(C)C. The number of fused-ring (bicyclic) bond motifs is 1. The van der Waals surface area contributed by atoms with Crippen LogP contribution in [0, 0.1) is 13.8 Å². The number of hydrogen-bond donors (Lipinski definition) is 1. The minimum absolute atomic E-state index is 0.410. The zero-order valence-corrected chi connectivity index (χ0v) is 14.3. The second-order valence-corrected chi connectivity index (χ2v) is 6.75. The first-order valence-electron chi connectivity index (χ1n) is 7.19. The van der Waals surface area contributed by atoms with Gasteiger partial charge >= 0.3 is 0 Å². The van der Waals surface area contributed by atoms with Crippen LogP contribution in [0.25, 0.3) is 10.2 Å². The maximum atomic E-state index is 6.14. The molecule has 0 saturated carbocycles. The molecule has 21 heavy (non-hydrogen) atoms. The molecule has 116 valence electrons. The van der Waals surface area contributed by atoms with Crippen molar-refractivity contribution in [2.24, 2.45) is 0 Å². The van der Waals surface area contributed by atoms with E-state index in [1.54, 1.807) is 18.4 Å². The van der Waals surface area contributed by atoms with E-state index in [-0.39, 0.29) is 0 Å². The number of aryl methyl sites for hydroxylation is 2. The standard InChI is InChI=1S/C15H24N4OS/c1-9(2)19(6-7-20-5)8-12-17-14(16)13-10(3)11(4)21-15(13)18-12/h9H,6-8H2,1-5H3,(H2,16,17,18). The van der Waals surface area contributed by atoms with E-state index in [2.05, 4.69) is 37.6 Å². The zero-order chi connectivity index (χ0) is 15.6. The fraction of sp³-hybridized carbons (Fsp3) is 0.600. The summed E-state index contributed by atoms with van der Waals surface area (Å²) in [5, 5.41) is 1.01. The van der Waals surface area contributed by atoms with E-state index in [0.717, 1.165) is 22.6 Å². The van der Waals surface area contributed by atoms with Gasteiger partial charge in [0.15, 0.2) is 0 Å². The van der Waals surface area contributed by atoms with E-state index >= 15 is 0 Å². The minimum atomic E-state index is 0.410. The number of aromatic nitrogens is 2. The van der Waals surface area contributed by atoms with E-state index in [4.69, 9.17) is 15.5 Å².